The second-order valence-corrected chi connectivity index (χ2v) is 20.8. The van der Waals surface area contributed by atoms with Gasteiger partial charge in [0, 0.05) is 44.0 Å². The van der Waals surface area contributed by atoms with Gasteiger partial charge in [0.05, 0.1) is 0 Å². The maximum absolute atomic E-state index is 10.4. The third kappa shape index (κ3) is 10.9. The number of hydrogen-bond acceptors (Lipinski definition) is 4. The maximum Gasteiger partial charge on any atom is 0.124 e. The normalized spacial score (nSPS) is 10.9. The van der Waals surface area contributed by atoms with Crippen LogP contribution in [0.3, 0.4) is 0 Å². The molecule has 0 amide bonds. The van der Waals surface area contributed by atoms with Crippen molar-refractivity contribution in [2.24, 2.45) is 0 Å². The van der Waals surface area contributed by atoms with Crippen molar-refractivity contribution in [1.82, 2.24) is 0 Å². The summed E-state index contributed by atoms with van der Waals surface area (Å²) < 4.78 is 0. The van der Waals surface area contributed by atoms with Gasteiger partial charge in [-0.1, -0.05) is 291 Å². The van der Waals surface area contributed by atoms with Crippen LogP contribution in [-0.2, 0) is 21.7 Å². The summed E-state index contributed by atoms with van der Waals surface area (Å²) in [6.45, 7) is 0. The Labute approximate surface area is 507 Å². The quantitative estimate of drug-likeness (QED) is 0.132. The summed E-state index contributed by atoms with van der Waals surface area (Å²) in [6.07, 6.45) is 0. The van der Waals surface area contributed by atoms with Crippen molar-refractivity contribution in [3.05, 3.63) is 315 Å². The Morgan fingerprint density at radius 2 is 0.294 bits per heavy atom. The smallest absolute Gasteiger partial charge is 0.124 e. The molecule has 0 aliphatic heterocycles. The van der Waals surface area contributed by atoms with E-state index in [0.29, 0.717) is 23.0 Å². The SMILES string of the molecule is Oc1ccc2ccccc2c1-c1cccc2ccccc12.Oc1ccc2ccccc2c1-c1cccc2ccccc12.Oc1ccc2ccccc2c1-c1cccc2ccccc12.Oc1ccc2ccccc2c1-c1cccc2ccccc12.[Ti]. The summed E-state index contributed by atoms with van der Waals surface area (Å²) in [4.78, 5) is 0. The third-order valence-electron chi connectivity index (χ3n) is 15.9. The average Bonchev–Trinajstić information content (AvgIpc) is 2.92. The number of phenols is 4. The molecule has 0 fully saturated rings. The first-order valence-corrected chi connectivity index (χ1v) is 28.1. The van der Waals surface area contributed by atoms with Gasteiger partial charge in [-0.05, 0) is 133 Å². The van der Waals surface area contributed by atoms with Crippen molar-refractivity contribution < 1.29 is 42.1 Å². The van der Waals surface area contributed by atoms with Crippen molar-refractivity contribution in [1.29, 1.82) is 0 Å². The second-order valence-electron chi connectivity index (χ2n) is 20.8. The minimum atomic E-state index is 0. The molecule has 0 bridgehead atoms. The van der Waals surface area contributed by atoms with Crippen LogP contribution in [0.4, 0.5) is 0 Å². The zero-order valence-corrected chi connectivity index (χ0v) is 47.9. The van der Waals surface area contributed by atoms with E-state index in [9.17, 15) is 20.4 Å². The van der Waals surface area contributed by atoms with Gasteiger partial charge in [-0.15, -0.1) is 0 Å². The first kappa shape index (κ1) is 55.1. The topological polar surface area (TPSA) is 80.9 Å². The fourth-order valence-electron chi connectivity index (χ4n) is 11.9. The number of fused-ring (bicyclic) bond motifs is 8. The Kier molecular flexibility index (Phi) is 15.9. The molecule has 85 heavy (non-hydrogen) atoms. The molecule has 0 heterocycles. The summed E-state index contributed by atoms with van der Waals surface area (Å²) in [5, 5.41) is 59.9. The van der Waals surface area contributed by atoms with Crippen LogP contribution in [0.15, 0.2) is 315 Å². The summed E-state index contributed by atoms with van der Waals surface area (Å²) in [7, 11) is 0. The molecular weight excluding hydrogens is 1070 g/mol. The molecule has 5 heteroatoms. The van der Waals surface area contributed by atoms with Crippen molar-refractivity contribution in [3.8, 4) is 67.5 Å². The van der Waals surface area contributed by atoms with E-state index < -0.39 is 0 Å². The van der Waals surface area contributed by atoms with Gasteiger partial charge in [0.2, 0.25) is 0 Å². The van der Waals surface area contributed by atoms with Gasteiger partial charge < -0.3 is 20.4 Å². The summed E-state index contributed by atoms with van der Waals surface area (Å²) >= 11 is 0. The standard InChI is InChI=1S/4C20H14O.Ti/c4*21-19-13-12-15-7-2-4-10-17(15)20(19)18-11-5-8-14-6-1-3-9-16(14)18;/h4*1-13,21H;. The van der Waals surface area contributed by atoms with Crippen LogP contribution in [0.1, 0.15) is 0 Å². The summed E-state index contributed by atoms with van der Waals surface area (Å²) in [5.74, 6) is 1.30. The molecule has 0 unspecified atom stereocenters. The maximum atomic E-state index is 10.4. The van der Waals surface area contributed by atoms with E-state index in [1.807, 2.05) is 146 Å². The van der Waals surface area contributed by atoms with Crippen LogP contribution < -0.4 is 0 Å². The van der Waals surface area contributed by atoms with Crippen molar-refractivity contribution >= 4 is 86.2 Å². The molecule has 4 N–H and O–H groups in total. The first-order chi connectivity index (χ1) is 41.4. The molecule has 0 atom stereocenters. The Morgan fingerprint density at radius 1 is 0.141 bits per heavy atom. The fourth-order valence-corrected chi connectivity index (χ4v) is 11.9. The molecule has 0 spiro atoms. The molecule has 0 radical (unpaired) electrons. The number of phenolic OH excluding ortho intramolecular Hbond substituents is 4. The van der Waals surface area contributed by atoms with E-state index in [-0.39, 0.29) is 21.7 Å². The van der Waals surface area contributed by atoms with E-state index in [2.05, 4.69) is 146 Å². The number of hydrogen-bond donors (Lipinski definition) is 4. The van der Waals surface area contributed by atoms with Gasteiger partial charge in [0.1, 0.15) is 23.0 Å². The number of aromatic hydroxyl groups is 4. The van der Waals surface area contributed by atoms with Gasteiger partial charge in [-0.2, -0.15) is 0 Å². The molecule has 0 aromatic heterocycles. The van der Waals surface area contributed by atoms with Crippen LogP contribution >= 0.6 is 0 Å². The van der Waals surface area contributed by atoms with Crippen LogP contribution in [0.5, 0.6) is 23.0 Å². The molecule has 0 aliphatic carbocycles. The van der Waals surface area contributed by atoms with E-state index in [4.69, 9.17) is 0 Å². The minimum Gasteiger partial charge on any atom is -0.507 e. The number of rotatable bonds is 4. The first-order valence-electron chi connectivity index (χ1n) is 28.1. The fraction of sp³-hybridized carbons (Fsp3) is 0. The predicted molar refractivity (Wildman–Crippen MR) is 354 cm³/mol. The van der Waals surface area contributed by atoms with Gasteiger partial charge in [-0.25, -0.2) is 0 Å². The molecule has 0 saturated carbocycles. The zero-order chi connectivity index (χ0) is 56.9. The number of benzene rings is 16. The molecule has 0 aliphatic rings. The van der Waals surface area contributed by atoms with Crippen LogP contribution in [0.25, 0.3) is 131 Å². The van der Waals surface area contributed by atoms with E-state index in [1.165, 1.54) is 21.5 Å². The van der Waals surface area contributed by atoms with Gasteiger partial charge >= 0.3 is 0 Å². The van der Waals surface area contributed by atoms with Gasteiger partial charge in [-0.3, -0.25) is 0 Å². The molecule has 16 rings (SSSR count). The zero-order valence-electron chi connectivity index (χ0n) is 46.3. The Morgan fingerprint density at radius 3 is 0.494 bits per heavy atom. The van der Waals surface area contributed by atoms with Crippen LogP contribution in [0, 0.1) is 0 Å². The molecule has 0 saturated heterocycles. The van der Waals surface area contributed by atoms with Gasteiger partial charge in [0.15, 0.2) is 0 Å². The Bertz CT molecular complexity index is 4440. The molecule has 404 valence electrons. The van der Waals surface area contributed by atoms with E-state index in [1.54, 1.807) is 24.3 Å². The molecule has 4 nitrogen and oxygen atoms in total. The van der Waals surface area contributed by atoms with Crippen LogP contribution in [0.2, 0.25) is 0 Å². The second kappa shape index (κ2) is 24.5. The van der Waals surface area contributed by atoms with E-state index in [0.717, 1.165) is 109 Å². The monoisotopic (exact) mass is 1130 g/mol. The summed E-state index contributed by atoms with van der Waals surface area (Å²) in [5.41, 5.74) is 7.92. The molecule has 16 aromatic carbocycles. The van der Waals surface area contributed by atoms with Crippen molar-refractivity contribution in [2.45, 2.75) is 0 Å². The molecular formula is C80H56O4Ti. The van der Waals surface area contributed by atoms with Crippen molar-refractivity contribution in [2.75, 3.05) is 0 Å². The average molecular weight is 1130 g/mol. The predicted octanol–water partition coefficient (Wildman–Crippen LogP) is 21.5. The largest absolute Gasteiger partial charge is 0.507 e. The van der Waals surface area contributed by atoms with Crippen molar-refractivity contribution in [3.63, 3.8) is 0 Å². The van der Waals surface area contributed by atoms with E-state index >= 15 is 0 Å². The Balaban J connectivity index is 0.000000111. The summed E-state index contributed by atoms with van der Waals surface area (Å²) in [6, 6.07) is 106. The Hall–Kier alpha value is -10.5. The minimum absolute atomic E-state index is 0. The molecule has 16 aromatic rings. The van der Waals surface area contributed by atoms with Crippen LogP contribution in [-0.4, -0.2) is 20.4 Å². The third-order valence-corrected chi connectivity index (χ3v) is 15.9. The van der Waals surface area contributed by atoms with Gasteiger partial charge in [0.25, 0.3) is 0 Å².